The number of hydrogen-bond donors (Lipinski definition) is 1. The lowest BCUT2D eigenvalue weighted by atomic mass is 9.76. The van der Waals surface area contributed by atoms with Crippen LogP contribution < -0.4 is 0 Å². The molecule has 1 unspecified atom stereocenters. The SMILES string of the molecule is CC1CCN(S(=O)(=O)N2CCCC(CO)(Cc3ccccc3)C2)CC1. The van der Waals surface area contributed by atoms with E-state index < -0.39 is 10.2 Å². The summed E-state index contributed by atoms with van der Waals surface area (Å²) in [6.45, 7) is 4.40. The van der Waals surface area contributed by atoms with E-state index in [0.717, 1.165) is 31.2 Å². The van der Waals surface area contributed by atoms with Crippen LogP contribution in [0.5, 0.6) is 0 Å². The number of benzene rings is 1. The summed E-state index contributed by atoms with van der Waals surface area (Å²) in [5, 5.41) is 10.1. The minimum Gasteiger partial charge on any atom is -0.396 e. The van der Waals surface area contributed by atoms with E-state index in [0.29, 0.717) is 38.5 Å². The average molecular weight is 367 g/mol. The highest BCUT2D eigenvalue weighted by molar-refractivity contribution is 7.86. The maximum atomic E-state index is 13.1. The second kappa shape index (κ2) is 7.74. The van der Waals surface area contributed by atoms with Crippen molar-refractivity contribution in [3.05, 3.63) is 35.9 Å². The third-order valence-corrected chi connectivity index (χ3v) is 7.76. The van der Waals surface area contributed by atoms with Gasteiger partial charge in [0.15, 0.2) is 0 Å². The van der Waals surface area contributed by atoms with E-state index >= 15 is 0 Å². The van der Waals surface area contributed by atoms with Gasteiger partial charge in [0.25, 0.3) is 10.2 Å². The van der Waals surface area contributed by atoms with Crippen molar-refractivity contribution < 1.29 is 13.5 Å². The molecule has 0 aromatic heterocycles. The van der Waals surface area contributed by atoms with Gasteiger partial charge in [-0.25, -0.2) is 0 Å². The normalized spacial score (nSPS) is 27.4. The van der Waals surface area contributed by atoms with Crippen LogP contribution in [0.3, 0.4) is 0 Å². The molecular formula is C19H30N2O3S. The molecule has 0 spiro atoms. The molecule has 1 aromatic carbocycles. The van der Waals surface area contributed by atoms with Crippen LogP contribution in [0.15, 0.2) is 30.3 Å². The van der Waals surface area contributed by atoms with Gasteiger partial charge in [-0.2, -0.15) is 17.0 Å². The summed E-state index contributed by atoms with van der Waals surface area (Å²) in [6.07, 6.45) is 4.25. The molecule has 6 heteroatoms. The molecule has 0 saturated carbocycles. The first-order chi connectivity index (χ1) is 12.0. The Kier molecular flexibility index (Phi) is 5.83. The lowest BCUT2D eigenvalue weighted by Gasteiger charge is -2.43. The van der Waals surface area contributed by atoms with Gasteiger partial charge in [0, 0.05) is 31.6 Å². The van der Waals surface area contributed by atoms with Gasteiger partial charge >= 0.3 is 0 Å². The molecule has 2 aliphatic rings. The molecule has 2 fully saturated rings. The Morgan fingerprint density at radius 3 is 2.44 bits per heavy atom. The van der Waals surface area contributed by atoms with Gasteiger partial charge in [-0.1, -0.05) is 37.3 Å². The van der Waals surface area contributed by atoms with Crippen LogP contribution in [0.4, 0.5) is 0 Å². The first-order valence-electron chi connectivity index (χ1n) is 9.35. The van der Waals surface area contributed by atoms with E-state index in [1.54, 1.807) is 8.61 Å². The number of rotatable bonds is 5. The predicted molar refractivity (Wildman–Crippen MR) is 99.4 cm³/mol. The highest BCUT2D eigenvalue weighted by Crippen LogP contribution is 2.35. The molecule has 140 valence electrons. The number of hydrogen-bond acceptors (Lipinski definition) is 3. The van der Waals surface area contributed by atoms with Crippen LogP contribution in [0.25, 0.3) is 0 Å². The standard InChI is InChI=1S/C19H30N2O3S/c1-17-8-12-20(13-9-17)25(23,24)21-11-5-10-19(15-21,16-22)14-18-6-3-2-4-7-18/h2-4,6-7,17,22H,5,8-16H2,1H3. The van der Waals surface area contributed by atoms with E-state index in [1.807, 2.05) is 18.2 Å². The molecule has 1 N–H and O–H groups in total. The predicted octanol–water partition coefficient (Wildman–Crippen LogP) is 2.28. The van der Waals surface area contributed by atoms with Crippen molar-refractivity contribution in [1.82, 2.24) is 8.61 Å². The second-order valence-corrected chi connectivity index (χ2v) is 9.78. The van der Waals surface area contributed by atoms with Crippen LogP contribution in [0, 0.1) is 11.3 Å². The van der Waals surface area contributed by atoms with Crippen molar-refractivity contribution >= 4 is 10.2 Å². The zero-order chi connectivity index (χ0) is 17.9. The molecule has 25 heavy (non-hydrogen) atoms. The number of aliphatic hydroxyl groups excluding tert-OH is 1. The Balaban J connectivity index is 1.74. The zero-order valence-electron chi connectivity index (χ0n) is 15.1. The van der Waals surface area contributed by atoms with Crippen LogP contribution in [0.1, 0.15) is 38.2 Å². The fourth-order valence-electron chi connectivity index (χ4n) is 4.10. The van der Waals surface area contributed by atoms with E-state index in [1.165, 1.54) is 0 Å². The van der Waals surface area contributed by atoms with Crippen molar-refractivity contribution in [2.45, 2.75) is 39.0 Å². The summed E-state index contributed by atoms with van der Waals surface area (Å²) in [5.74, 6) is 0.599. The third-order valence-electron chi connectivity index (χ3n) is 5.78. The van der Waals surface area contributed by atoms with Crippen molar-refractivity contribution in [2.24, 2.45) is 11.3 Å². The summed E-state index contributed by atoms with van der Waals surface area (Å²) in [6, 6.07) is 10.1. The van der Waals surface area contributed by atoms with Crippen LogP contribution in [-0.2, 0) is 16.6 Å². The quantitative estimate of drug-likeness (QED) is 0.870. The van der Waals surface area contributed by atoms with Crippen LogP contribution in [-0.4, -0.2) is 54.9 Å². The van der Waals surface area contributed by atoms with Crippen molar-refractivity contribution in [2.75, 3.05) is 32.8 Å². The summed E-state index contributed by atoms with van der Waals surface area (Å²) in [4.78, 5) is 0. The molecule has 0 amide bonds. The molecule has 2 heterocycles. The van der Waals surface area contributed by atoms with E-state index in [2.05, 4.69) is 19.1 Å². The highest BCUT2D eigenvalue weighted by atomic mass is 32.2. The molecule has 0 aliphatic carbocycles. The van der Waals surface area contributed by atoms with Gasteiger partial charge in [-0.15, -0.1) is 0 Å². The summed E-state index contributed by atoms with van der Waals surface area (Å²) < 4.78 is 29.4. The number of piperidine rings is 2. The van der Waals surface area contributed by atoms with Gasteiger partial charge in [0.05, 0.1) is 6.61 Å². The first kappa shape index (κ1) is 18.8. The number of nitrogens with zero attached hydrogens (tertiary/aromatic N) is 2. The third kappa shape index (κ3) is 4.25. The molecular weight excluding hydrogens is 336 g/mol. The fourth-order valence-corrected chi connectivity index (χ4v) is 5.89. The average Bonchev–Trinajstić information content (AvgIpc) is 2.63. The number of aliphatic hydroxyl groups is 1. The highest BCUT2D eigenvalue weighted by Gasteiger charge is 2.41. The molecule has 1 aromatic rings. The van der Waals surface area contributed by atoms with Gasteiger partial charge < -0.3 is 5.11 Å². The van der Waals surface area contributed by atoms with Crippen molar-refractivity contribution in [3.63, 3.8) is 0 Å². The minimum atomic E-state index is -3.43. The van der Waals surface area contributed by atoms with Crippen molar-refractivity contribution in [3.8, 4) is 0 Å². The topological polar surface area (TPSA) is 60.9 Å². The smallest absolute Gasteiger partial charge is 0.281 e. The minimum absolute atomic E-state index is 0.0188. The summed E-state index contributed by atoms with van der Waals surface area (Å²) >= 11 is 0. The Morgan fingerprint density at radius 1 is 1.12 bits per heavy atom. The van der Waals surface area contributed by atoms with Gasteiger partial charge in [0.2, 0.25) is 0 Å². The van der Waals surface area contributed by atoms with E-state index in [4.69, 9.17) is 0 Å². The lowest BCUT2D eigenvalue weighted by molar-refractivity contribution is 0.0614. The maximum Gasteiger partial charge on any atom is 0.281 e. The molecule has 0 bridgehead atoms. The fraction of sp³-hybridized carbons (Fsp3) is 0.684. The van der Waals surface area contributed by atoms with Gasteiger partial charge in [0.1, 0.15) is 0 Å². The largest absolute Gasteiger partial charge is 0.396 e. The molecule has 2 saturated heterocycles. The Bertz CT molecular complexity index is 657. The second-order valence-electron chi connectivity index (χ2n) is 7.85. The molecule has 3 rings (SSSR count). The van der Waals surface area contributed by atoms with Gasteiger partial charge in [-0.05, 0) is 43.6 Å². The van der Waals surface area contributed by atoms with E-state index in [-0.39, 0.29) is 12.0 Å². The Labute approximate surface area is 151 Å². The molecule has 5 nitrogen and oxygen atoms in total. The Morgan fingerprint density at radius 2 is 1.80 bits per heavy atom. The summed E-state index contributed by atoms with van der Waals surface area (Å²) in [7, 11) is -3.43. The monoisotopic (exact) mass is 366 g/mol. The van der Waals surface area contributed by atoms with Gasteiger partial charge in [-0.3, -0.25) is 0 Å². The molecule has 0 radical (unpaired) electrons. The van der Waals surface area contributed by atoms with Crippen molar-refractivity contribution in [1.29, 1.82) is 0 Å². The maximum absolute atomic E-state index is 13.1. The Hall–Kier alpha value is -0.950. The summed E-state index contributed by atoms with van der Waals surface area (Å²) in [5.41, 5.74) is 0.776. The van der Waals surface area contributed by atoms with Crippen LogP contribution >= 0.6 is 0 Å². The molecule has 1 atom stereocenters. The van der Waals surface area contributed by atoms with Crippen LogP contribution in [0.2, 0.25) is 0 Å². The zero-order valence-corrected chi connectivity index (χ0v) is 15.9. The molecule has 2 aliphatic heterocycles. The lowest BCUT2D eigenvalue weighted by Crippen LogP contribution is -2.54. The van der Waals surface area contributed by atoms with E-state index in [9.17, 15) is 13.5 Å². The first-order valence-corrected chi connectivity index (χ1v) is 10.7.